The molecule has 8 heteroatoms. The highest BCUT2D eigenvalue weighted by Crippen LogP contribution is 2.32. The Morgan fingerprint density at radius 3 is 2.41 bits per heavy atom. The van der Waals surface area contributed by atoms with Crippen LogP contribution in [0.2, 0.25) is 0 Å². The van der Waals surface area contributed by atoms with Gasteiger partial charge < -0.3 is 24.2 Å². The third kappa shape index (κ3) is 5.14. The molecule has 1 N–H and O–H groups in total. The van der Waals surface area contributed by atoms with E-state index in [-0.39, 0.29) is 12.5 Å². The molecule has 3 aromatic rings. The average Bonchev–Trinajstić information content (AvgIpc) is 2.93. The van der Waals surface area contributed by atoms with E-state index in [1.165, 1.54) is 0 Å². The van der Waals surface area contributed by atoms with Crippen LogP contribution in [0.3, 0.4) is 0 Å². The minimum Gasteiger partial charge on any atom is -0.496 e. The van der Waals surface area contributed by atoms with Gasteiger partial charge in [0.15, 0.2) is 5.65 Å². The molecule has 0 amide bonds. The van der Waals surface area contributed by atoms with Crippen molar-refractivity contribution in [1.29, 1.82) is 0 Å². The summed E-state index contributed by atoms with van der Waals surface area (Å²) in [6.45, 7) is 8.38. The van der Waals surface area contributed by atoms with E-state index in [1.54, 1.807) is 7.11 Å². The Labute approximate surface area is 200 Å². The van der Waals surface area contributed by atoms with Crippen molar-refractivity contribution in [3.63, 3.8) is 0 Å². The summed E-state index contributed by atoms with van der Waals surface area (Å²) in [6, 6.07) is 9.78. The smallest absolute Gasteiger partial charge is 0.165 e. The first-order valence-corrected chi connectivity index (χ1v) is 12.1. The number of hydrogen-bond donors (Lipinski definition) is 1. The maximum atomic E-state index is 9.71. The molecule has 2 aromatic heterocycles. The number of rotatable bonds is 5. The maximum absolute atomic E-state index is 9.71. The van der Waals surface area contributed by atoms with Crippen molar-refractivity contribution < 1.29 is 19.3 Å². The number of nitrogens with zero attached hydrogens (tertiary/aromatic N) is 4. The largest absolute Gasteiger partial charge is 0.496 e. The summed E-state index contributed by atoms with van der Waals surface area (Å²) < 4.78 is 16.4. The van der Waals surface area contributed by atoms with Crippen molar-refractivity contribution in [2.24, 2.45) is 0 Å². The van der Waals surface area contributed by atoms with Crippen molar-refractivity contribution >= 4 is 16.9 Å². The molecule has 8 nitrogen and oxygen atoms in total. The third-order valence-electron chi connectivity index (χ3n) is 6.20. The molecule has 2 aliphatic heterocycles. The number of morpholine rings is 1. The molecule has 2 saturated heterocycles. The fourth-order valence-corrected chi connectivity index (χ4v) is 4.39. The summed E-state index contributed by atoms with van der Waals surface area (Å²) in [5, 5.41) is 10.7. The molecule has 182 valence electrons. The Balaban J connectivity index is 0.00000133. The van der Waals surface area contributed by atoms with Crippen LogP contribution in [0.4, 0.5) is 5.82 Å². The Morgan fingerprint density at radius 2 is 1.71 bits per heavy atom. The second kappa shape index (κ2) is 11.6. The first-order chi connectivity index (χ1) is 16.8. The monoisotopic (exact) mass is 466 g/mol. The van der Waals surface area contributed by atoms with Crippen molar-refractivity contribution in [1.82, 2.24) is 15.0 Å². The van der Waals surface area contributed by atoms with Crippen molar-refractivity contribution in [3.05, 3.63) is 41.7 Å². The van der Waals surface area contributed by atoms with E-state index < -0.39 is 0 Å². The Bertz CT molecular complexity index is 1100. The van der Waals surface area contributed by atoms with E-state index in [0.29, 0.717) is 24.6 Å². The van der Waals surface area contributed by atoms with E-state index in [0.717, 1.165) is 73.0 Å². The first kappa shape index (κ1) is 24.3. The second-order valence-corrected chi connectivity index (χ2v) is 8.14. The van der Waals surface area contributed by atoms with Crippen LogP contribution in [-0.2, 0) is 16.1 Å². The highest BCUT2D eigenvalue weighted by molar-refractivity contribution is 5.89. The number of hydrogen-bond acceptors (Lipinski definition) is 8. The number of anilines is 1. The van der Waals surface area contributed by atoms with Gasteiger partial charge in [0, 0.05) is 43.3 Å². The minimum absolute atomic E-state index is 0.0954. The molecule has 0 bridgehead atoms. The number of methoxy groups -OCH3 is 1. The lowest BCUT2D eigenvalue weighted by Gasteiger charge is -2.30. The molecule has 0 saturated carbocycles. The number of aromatic nitrogens is 3. The van der Waals surface area contributed by atoms with E-state index in [9.17, 15) is 5.11 Å². The van der Waals surface area contributed by atoms with Gasteiger partial charge in [0.05, 0.1) is 38.0 Å². The lowest BCUT2D eigenvalue weighted by molar-refractivity contribution is 0.0836. The van der Waals surface area contributed by atoms with Crippen LogP contribution >= 0.6 is 0 Å². The molecule has 34 heavy (non-hydrogen) atoms. The van der Waals surface area contributed by atoms with E-state index in [2.05, 4.69) is 11.0 Å². The highest BCUT2D eigenvalue weighted by Gasteiger charge is 2.24. The van der Waals surface area contributed by atoms with Gasteiger partial charge in [-0.1, -0.05) is 13.8 Å². The zero-order chi connectivity index (χ0) is 23.9. The molecular formula is C26H34N4O4. The molecule has 0 aliphatic carbocycles. The summed E-state index contributed by atoms with van der Waals surface area (Å²) in [5.74, 6) is 2.72. The predicted octanol–water partition coefficient (Wildman–Crippen LogP) is 3.95. The molecule has 0 unspecified atom stereocenters. The third-order valence-corrected chi connectivity index (χ3v) is 6.20. The number of aliphatic hydroxyl groups excluding tert-OH is 1. The van der Waals surface area contributed by atoms with Crippen molar-refractivity contribution in [2.45, 2.75) is 39.2 Å². The molecule has 2 fully saturated rings. The van der Waals surface area contributed by atoms with Gasteiger partial charge in [-0.3, -0.25) is 0 Å². The quantitative estimate of drug-likeness (QED) is 0.605. The van der Waals surface area contributed by atoms with Crippen LogP contribution in [-0.4, -0.2) is 66.7 Å². The van der Waals surface area contributed by atoms with Gasteiger partial charge >= 0.3 is 0 Å². The number of aliphatic hydroxyl groups is 1. The van der Waals surface area contributed by atoms with E-state index in [1.807, 2.05) is 38.1 Å². The van der Waals surface area contributed by atoms with Crippen LogP contribution < -0.4 is 9.64 Å². The van der Waals surface area contributed by atoms with Gasteiger partial charge in [-0.25, -0.2) is 15.0 Å². The van der Waals surface area contributed by atoms with Gasteiger partial charge in [0.25, 0.3) is 0 Å². The topological polar surface area (TPSA) is 89.8 Å². The van der Waals surface area contributed by atoms with E-state index >= 15 is 0 Å². The van der Waals surface area contributed by atoms with Gasteiger partial charge in [0.2, 0.25) is 0 Å². The fraction of sp³-hybridized carbons (Fsp3) is 0.500. The normalized spacial score (nSPS) is 16.8. The van der Waals surface area contributed by atoms with Crippen LogP contribution in [0, 0.1) is 0 Å². The Morgan fingerprint density at radius 1 is 0.971 bits per heavy atom. The molecule has 0 spiro atoms. The fourth-order valence-electron chi connectivity index (χ4n) is 4.39. The standard InChI is InChI=1S/C24H28N4O4.C2H6/c1-30-21-5-2-17(14-18(21)15-29)20-4-3-19-23(25-20)26-22(16-6-10-31-11-7-16)27-24(19)28-8-12-32-13-9-28;1-2/h2-5,14,16,29H,6-13,15H2,1H3;1-2H3. The SMILES string of the molecule is CC.COc1ccc(-c2ccc3c(N4CCOCC4)nc(C4CCOCC4)nc3n2)cc1CO. The van der Waals surface area contributed by atoms with Gasteiger partial charge in [0.1, 0.15) is 17.4 Å². The van der Waals surface area contributed by atoms with Crippen molar-refractivity contribution in [2.75, 3.05) is 51.5 Å². The average molecular weight is 467 g/mol. The van der Waals surface area contributed by atoms with Crippen LogP contribution in [0.25, 0.3) is 22.3 Å². The Hall–Kier alpha value is -2.81. The molecule has 5 rings (SSSR count). The van der Waals surface area contributed by atoms with Crippen LogP contribution in [0.15, 0.2) is 30.3 Å². The van der Waals surface area contributed by atoms with Crippen LogP contribution in [0.5, 0.6) is 5.75 Å². The summed E-state index contributed by atoms with van der Waals surface area (Å²) in [4.78, 5) is 17.1. The number of fused-ring (bicyclic) bond motifs is 1. The highest BCUT2D eigenvalue weighted by atomic mass is 16.5. The van der Waals surface area contributed by atoms with Crippen molar-refractivity contribution in [3.8, 4) is 17.0 Å². The predicted molar refractivity (Wildman–Crippen MR) is 132 cm³/mol. The molecule has 4 heterocycles. The lowest BCUT2D eigenvalue weighted by atomic mass is 9.99. The van der Waals surface area contributed by atoms with Gasteiger partial charge in [-0.05, 0) is 43.2 Å². The summed E-state index contributed by atoms with van der Waals surface area (Å²) in [7, 11) is 1.60. The zero-order valence-corrected chi connectivity index (χ0v) is 20.3. The van der Waals surface area contributed by atoms with Gasteiger partial charge in [-0.2, -0.15) is 0 Å². The molecule has 0 atom stereocenters. The second-order valence-electron chi connectivity index (χ2n) is 8.14. The molecule has 2 aliphatic rings. The number of benzene rings is 1. The van der Waals surface area contributed by atoms with E-state index in [4.69, 9.17) is 29.2 Å². The molecular weight excluding hydrogens is 432 g/mol. The maximum Gasteiger partial charge on any atom is 0.165 e. The summed E-state index contributed by atoms with van der Waals surface area (Å²) >= 11 is 0. The van der Waals surface area contributed by atoms with Gasteiger partial charge in [-0.15, -0.1) is 0 Å². The summed E-state index contributed by atoms with van der Waals surface area (Å²) in [6.07, 6.45) is 1.85. The Kier molecular flexibility index (Phi) is 8.26. The minimum atomic E-state index is -0.0954. The molecule has 1 aromatic carbocycles. The molecule has 0 radical (unpaired) electrons. The zero-order valence-electron chi connectivity index (χ0n) is 20.3. The lowest BCUT2D eigenvalue weighted by Crippen LogP contribution is -2.37. The first-order valence-electron chi connectivity index (χ1n) is 12.1. The van der Waals surface area contributed by atoms with Crippen LogP contribution in [0.1, 0.15) is 44.0 Å². The summed E-state index contributed by atoms with van der Waals surface area (Å²) in [5.41, 5.74) is 3.14. The number of ether oxygens (including phenoxy) is 3. The number of pyridine rings is 1.